The summed E-state index contributed by atoms with van der Waals surface area (Å²) in [4.78, 5) is 17.5. The largest absolute Gasteiger partial charge is 0.481 e. The second-order valence-corrected chi connectivity index (χ2v) is 5.95. The SMILES string of the molecule is COc1cc(OCc2ccc(Oc3ccc(Cl)c(C)c3)cc2)[nH]c(=O)n1. The van der Waals surface area contributed by atoms with Gasteiger partial charge in [-0.15, -0.1) is 0 Å². The summed E-state index contributed by atoms with van der Waals surface area (Å²) in [6, 6.07) is 14.5. The van der Waals surface area contributed by atoms with Crippen LogP contribution in [-0.4, -0.2) is 17.1 Å². The van der Waals surface area contributed by atoms with Crippen molar-refractivity contribution in [3.63, 3.8) is 0 Å². The van der Waals surface area contributed by atoms with Crippen LogP contribution in [0.3, 0.4) is 0 Å². The molecule has 1 heterocycles. The number of aryl methyl sites for hydroxylation is 1. The molecule has 1 aromatic heterocycles. The van der Waals surface area contributed by atoms with Crippen LogP contribution in [0.25, 0.3) is 0 Å². The van der Waals surface area contributed by atoms with Gasteiger partial charge in [0.05, 0.1) is 13.2 Å². The molecule has 2 aromatic carbocycles. The average molecular weight is 373 g/mol. The van der Waals surface area contributed by atoms with Crippen LogP contribution in [0.5, 0.6) is 23.3 Å². The highest BCUT2D eigenvalue weighted by atomic mass is 35.5. The van der Waals surface area contributed by atoms with Crippen LogP contribution in [0.1, 0.15) is 11.1 Å². The number of ether oxygens (including phenoxy) is 3. The van der Waals surface area contributed by atoms with Gasteiger partial charge in [0.15, 0.2) is 0 Å². The number of nitrogens with one attached hydrogen (secondary N) is 1. The predicted molar refractivity (Wildman–Crippen MR) is 98.4 cm³/mol. The lowest BCUT2D eigenvalue weighted by molar-refractivity contribution is 0.288. The molecule has 26 heavy (non-hydrogen) atoms. The van der Waals surface area contributed by atoms with Gasteiger partial charge in [0.1, 0.15) is 18.1 Å². The van der Waals surface area contributed by atoms with E-state index in [4.69, 9.17) is 25.8 Å². The van der Waals surface area contributed by atoms with E-state index in [9.17, 15) is 4.79 Å². The van der Waals surface area contributed by atoms with Gasteiger partial charge in [-0.3, -0.25) is 4.98 Å². The molecule has 0 saturated heterocycles. The summed E-state index contributed by atoms with van der Waals surface area (Å²) in [7, 11) is 1.44. The fraction of sp³-hybridized carbons (Fsp3) is 0.158. The van der Waals surface area contributed by atoms with Crippen LogP contribution in [0.2, 0.25) is 5.02 Å². The smallest absolute Gasteiger partial charge is 0.351 e. The van der Waals surface area contributed by atoms with Gasteiger partial charge in [0.2, 0.25) is 11.8 Å². The van der Waals surface area contributed by atoms with Crippen molar-refractivity contribution in [2.24, 2.45) is 0 Å². The van der Waals surface area contributed by atoms with E-state index in [2.05, 4.69) is 9.97 Å². The molecule has 0 unspecified atom stereocenters. The molecule has 7 heteroatoms. The summed E-state index contributed by atoms with van der Waals surface area (Å²) in [5.74, 6) is 1.91. The van der Waals surface area contributed by atoms with Crippen molar-refractivity contribution in [2.75, 3.05) is 7.11 Å². The zero-order valence-corrected chi connectivity index (χ0v) is 15.0. The number of rotatable bonds is 6. The normalized spacial score (nSPS) is 10.4. The van der Waals surface area contributed by atoms with Crippen molar-refractivity contribution < 1.29 is 14.2 Å². The molecule has 0 spiro atoms. The van der Waals surface area contributed by atoms with Crippen LogP contribution in [0.4, 0.5) is 0 Å². The fourth-order valence-corrected chi connectivity index (χ4v) is 2.35. The molecule has 1 N–H and O–H groups in total. The molecule has 0 aliphatic heterocycles. The Kier molecular flexibility index (Phi) is 5.43. The van der Waals surface area contributed by atoms with Crippen molar-refractivity contribution in [2.45, 2.75) is 13.5 Å². The number of hydrogen-bond donors (Lipinski definition) is 1. The number of aromatic nitrogens is 2. The Morgan fingerprint density at radius 2 is 1.81 bits per heavy atom. The highest BCUT2D eigenvalue weighted by Crippen LogP contribution is 2.26. The van der Waals surface area contributed by atoms with E-state index in [1.165, 1.54) is 13.2 Å². The third-order valence-corrected chi connectivity index (χ3v) is 4.01. The molecule has 0 bridgehead atoms. The van der Waals surface area contributed by atoms with Crippen molar-refractivity contribution in [3.05, 3.63) is 75.2 Å². The maximum absolute atomic E-state index is 11.4. The molecule has 0 aliphatic carbocycles. The highest BCUT2D eigenvalue weighted by Gasteiger charge is 2.04. The number of nitrogens with zero attached hydrogens (tertiary/aromatic N) is 1. The van der Waals surface area contributed by atoms with Crippen molar-refractivity contribution in [3.8, 4) is 23.3 Å². The van der Waals surface area contributed by atoms with E-state index in [1.807, 2.05) is 43.3 Å². The molecular formula is C19H17ClN2O4. The molecule has 0 saturated carbocycles. The summed E-state index contributed by atoms with van der Waals surface area (Å²) in [6.45, 7) is 2.21. The summed E-state index contributed by atoms with van der Waals surface area (Å²) >= 11 is 6.02. The van der Waals surface area contributed by atoms with Crippen LogP contribution >= 0.6 is 11.6 Å². The summed E-state index contributed by atoms with van der Waals surface area (Å²) in [5, 5.41) is 0.704. The van der Waals surface area contributed by atoms with Crippen LogP contribution in [-0.2, 0) is 6.61 Å². The Bertz CT molecular complexity index is 954. The third kappa shape index (κ3) is 4.55. The van der Waals surface area contributed by atoms with Gasteiger partial charge >= 0.3 is 5.69 Å². The Hall–Kier alpha value is -2.99. The number of benzene rings is 2. The monoisotopic (exact) mass is 372 g/mol. The molecule has 0 amide bonds. The van der Waals surface area contributed by atoms with Crippen molar-refractivity contribution in [1.82, 2.24) is 9.97 Å². The van der Waals surface area contributed by atoms with Gasteiger partial charge in [0, 0.05) is 5.02 Å². The first-order valence-electron chi connectivity index (χ1n) is 7.84. The standard InChI is InChI=1S/C19H17ClN2O4/c1-12-9-15(7-8-16(12)20)26-14-5-3-13(4-6-14)11-25-18-10-17(24-2)21-19(23)22-18/h3-10H,11H2,1-2H3,(H,21,22,23). The lowest BCUT2D eigenvalue weighted by atomic mass is 10.2. The molecule has 134 valence electrons. The second-order valence-electron chi connectivity index (χ2n) is 5.54. The maximum Gasteiger partial charge on any atom is 0.351 e. The zero-order valence-electron chi connectivity index (χ0n) is 14.3. The first-order chi connectivity index (χ1) is 12.5. The molecule has 0 atom stereocenters. The Balaban J connectivity index is 1.63. The zero-order chi connectivity index (χ0) is 18.5. The molecule has 6 nitrogen and oxygen atoms in total. The number of H-pyrrole nitrogens is 1. The molecule has 0 radical (unpaired) electrons. The van der Waals surface area contributed by atoms with Crippen molar-refractivity contribution >= 4 is 11.6 Å². The fourth-order valence-electron chi connectivity index (χ4n) is 2.23. The van der Waals surface area contributed by atoms with Gasteiger partial charge in [-0.2, -0.15) is 4.98 Å². The minimum absolute atomic E-state index is 0.200. The van der Waals surface area contributed by atoms with Gasteiger partial charge in [-0.25, -0.2) is 4.79 Å². The predicted octanol–water partition coefficient (Wildman–Crippen LogP) is 4.11. The topological polar surface area (TPSA) is 73.4 Å². The average Bonchev–Trinajstić information content (AvgIpc) is 2.64. The van der Waals surface area contributed by atoms with Crippen LogP contribution in [0.15, 0.2) is 53.3 Å². The van der Waals surface area contributed by atoms with E-state index < -0.39 is 5.69 Å². The number of methoxy groups -OCH3 is 1. The van der Waals surface area contributed by atoms with Crippen LogP contribution < -0.4 is 19.9 Å². The lowest BCUT2D eigenvalue weighted by Gasteiger charge is -2.09. The van der Waals surface area contributed by atoms with Gasteiger partial charge in [-0.05, 0) is 48.4 Å². The van der Waals surface area contributed by atoms with Crippen molar-refractivity contribution in [1.29, 1.82) is 0 Å². The summed E-state index contributed by atoms with van der Waals surface area (Å²) < 4.78 is 16.3. The Morgan fingerprint density at radius 1 is 1.08 bits per heavy atom. The molecule has 3 aromatic rings. The number of halogens is 1. The minimum Gasteiger partial charge on any atom is -0.481 e. The van der Waals surface area contributed by atoms with E-state index in [-0.39, 0.29) is 12.5 Å². The lowest BCUT2D eigenvalue weighted by Crippen LogP contribution is -2.12. The Labute approximate surface area is 155 Å². The van der Waals surface area contributed by atoms with E-state index in [0.29, 0.717) is 16.7 Å². The summed E-state index contributed by atoms with van der Waals surface area (Å²) in [5.41, 5.74) is 1.35. The maximum atomic E-state index is 11.4. The van der Waals surface area contributed by atoms with Gasteiger partial charge in [0.25, 0.3) is 0 Å². The first-order valence-corrected chi connectivity index (χ1v) is 8.22. The second kappa shape index (κ2) is 7.93. The van der Waals surface area contributed by atoms with E-state index in [1.54, 1.807) is 6.07 Å². The first kappa shape index (κ1) is 17.8. The Morgan fingerprint density at radius 3 is 2.50 bits per heavy atom. The summed E-state index contributed by atoms with van der Waals surface area (Å²) in [6.07, 6.45) is 0. The van der Waals surface area contributed by atoms with E-state index in [0.717, 1.165) is 16.9 Å². The number of hydrogen-bond acceptors (Lipinski definition) is 5. The molecule has 3 rings (SSSR count). The minimum atomic E-state index is -0.527. The quantitative estimate of drug-likeness (QED) is 0.704. The van der Waals surface area contributed by atoms with E-state index >= 15 is 0 Å². The molecular weight excluding hydrogens is 356 g/mol. The molecule has 0 fully saturated rings. The van der Waals surface area contributed by atoms with Gasteiger partial charge in [-0.1, -0.05) is 23.7 Å². The third-order valence-electron chi connectivity index (χ3n) is 3.59. The van der Waals surface area contributed by atoms with Crippen LogP contribution in [0, 0.1) is 6.92 Å². The molecule has 0 aliphatic rings. The number of aromatic amines is 1. The highest BCUT2D eigenvalue weighted by molar-refractivity contribution is 6.31. The van der Waals surface area contributed by atoms with Gasteiger partial charge < -0.3 is 14.2 Å².